The van der Waals surface area contributed by atoms with Gasteiger partial charge in [0.25, 0.3) is 0 Å². The Labute approximate surface area is 120 Å². The molecule has 2 rings (SSSR count). The summed E-state index contributed by atoms with van der Waals surface area (Å²) in [5.41, 5.74) is 12.8. The summed E-state index contributed by atoms with van der Waals surface area (Å²) in [6.45, 7) is 0.711. The number of fused-ring (bicyclic) bond motifs is 1. The summed E-state index contributed by atoms with van der Waals surface area (Å²) >= 11 is 0. The van der Waals surface area contributed by atoms with Gasteiger partial charge in [0.05, 0.1) is 0 Å². The SMILES string of the molecule is Cl.NCCCC[C@H](N)c1ccc(O)c2ccccc12. The average molecular weight is 281 g/mol. The largest absolute Gasteiger partial charge is 0.507 e. The standard InChI is InChI=1S/C15H20N2O.ClH/c16-10-4-3-7-14(17)12-8-9-15(18)13-6-2-1-5-11(12)13;/h1-2,5-6,8-9,14,18H,3-4,7,10,16-17H2;1H/t14-;/m0./s1. The summed E-state index contributed by atoms with van der Waals surface area (Å²) in [5.74, 6) is 0.309. The first-order valence-corrected chi connectivity index (χ1v) is 6.40. The van der Waals surface area contributed by atoms with Gasteiger partial charge in [0.1, 0.15) is 5.75 Å². The van der Waals surface area contributed by atoms with Crippen LogP contribution >= 0.6 is 12.4 Å². The third-order valence-corrected chi connectivity index (χ3v) is 3.30. The van der Waals surface area contributed by atoms with Gasteiger partial charge in [0, 0.05) is 11.4 Å². The first kappa shape index (κ1) is 15.8. The van der Waals surface area contributed by atoms with Crippen LogP contribution in [-0.4, -0.2) is 11.7 Å². The normalized spacial score (nSPS) is 12.1. The fraction of sp³-hybridized carbons (Fsp3) is 0.333. The number of phenols is 1. The minimum Gasteiger partial charge on any atom is -0.507 e. The van der Waals surface area contributed by atoms with Gasteiger partial charge in [-0.05, 0) is 36.4 Å². The molecular weight excluding hydrogens is 260 g/mol. The van der Waals surface area contributed by atoms with E-state index in [0.717, 1.165) is 35.6 Å². The highest BCUT2D eigenvalue weighted by molar-refractivity contribution is 5.91. The van der Waals surface area contributed by atoms with Gasteiger partial charge < -0.3 is 16.6 Å². The Bertz CT molecular complexity index is 531. The minimum absolute atomic E-state index is 0. The van der Waals surface area contributed by atoms with Gasteiger partial charge >= 0.3 is 0 Å². The van der Waals surface area contributed by atoms with Crippen LogP contribution in [0.4, 0.5) is 0 Å². The van der Waals surface area contributed by atoms with Gasteiger partial charge in [-0.1, -0.05) is 36.8 Å². The highest BCUT2D eigenvalue weighted by Gasteiger charge is 2.11. The van der Waals surface area contributed by atoms with Crippen LogP contribution < -0.4 is 11.5 Å². The van der Waals surface area contributed by atoms with E-state index in [1.807, 2.05) is 30.3 Å². The Morgan fingerprint density at radius 3 is 2.37 bits per heavy atom. The number of nitrogens with two attached hydrogens (primary N) is 2. The minimum atomic E-state index is 0. The van der Waals surface area contributed by atoms with E-state index in [1.54, 1.807) is 6.07 Å². The molecule has 5 N–H and O–H groups in total. The zero-order valence-electron chi connectivity index (χ0n) is 10.9. The monoisotopic (exact) mass is 280 g/mol. The van der Waals surface area contributed by atoms with Crippen molar-refractivity contribution >= 4 is 23.2 Å². The summed E-state index contributed by atoms with van der Waals surface area (Å²) in [7, 11) is 0. The molecular formula is C15H21ClN2O. The highest BCUT2D eigenvalue weighted by atomic mass is 35.5. The van der Waals surface area contributed by atoms with E-state index in [4.69, 9.17) is 11.5 Å². The van der Waals surface area contributed by atoms with E-state index < -0.39 is 0 Å². The molecule has 0 saturated heterocycles. The van der Waals surface area contributed by atoms with Crippen LogP contribution in [0.3, 0.4) is 0 Å². The van der Waals surface area contributed by atoms with Crippen LogP contribution in [0.1, 0.15) is 30.9 Å². The van der Waals surface area contributed by atoms with Gasteiger partial charge in [0.2, 0.25) is 0 Å². The fourth-order valence-electron chi connectivity index (χ4n) is 2.29. The molecule has 3 nitrogen and oxygen atoms in total. The third kappa shape index (κ3) is 3.60. The molecule has 2 aromatic carbocycles. The molecule has 0 spiro atoms. The smallest absolute Gasteiger partial charge is 0.123 e. The molecule has 4 heteroatoms. The second kappa shape index (κ2) is 7.34. The van der Waals surface area contributed by atoms with E-state index in [9.17, 15) is 5.11 Å². The van der Waals surface area contributed by atoms with E-state index in [1.165, 1.54) is 0 Å². The topological polar surface area (TPSA) is 72.3 Å². The van der Waals surface area contributed by atoms with Crippen LogP contribution in [0, 0.1) is 0 Å². The van der Waals surface area contributed by atoms with Crippen molar-refractivity contribution in [2.75, 3.05) is 6.54 Å². The number of halogens is 1. The molecule has 0 saturated carbocycles. The van der Waals surface area contributed by atoms with Crippen molar-refractivity contribution < 1.29 is 5.11 Å². The summed E-state index contributed by atoms with van der Waals surface area (Å²) in [5, 5.41) is 11.7. The van der Waals surface area contributed by atoms with Gasteiger partial charge in [0.15, 0.2) is 0 Å². The maximum atomic E-state index is 9.83. The maximum absolute atomic E-state index is 9.83. The Morgan fingerprint density at radius 1 is 1.00 bits per heavy atom. The molecule has 2 aromatic rings. The molecule has 0 aliphatic heterocycles. The van der Waals surface area contributed by atoms with Crippen molar-refractivity contribution in [3.05, 3.63) is 42.0 Å². The molecule has 0 amide bonds. The lowest BCUT2D eigenvalue weighted by Gasteiger charge is -2.15. The Hall–Kier alpha value is -1.29. The van der Waals surface area contributed by atoms with Gasteiger partial charge in [-0.2, -0.15) is 0 Å². The van der Waals surface area contributed by atoms with Crippen LogP contribution in [0.25, 0.3) is 10.8 Å². The predicted octanol–water partition coefficient (Wildman–Crippen LogP) is 3.10. The number of benzene rings is 2. The van der Waals surface area contributed by atoms with Crippen molar-refractivity contribution in [2.45, 2.75) is 25.3 Å². The average Bonchev–Trinajstić information content (AvgIpc) is 2.39. The second-order valence-corrected chi connectivity index (χ2v) is 4.61. The summed E-state index contributed by atoms with van der Waals surface area (Å²) in [4.78, 5) is 0. The van der Waals surface area contributed by atoms with Crippen LogP contribution in [0.2, 0.25) is 0 Å². The Kier molecular flexibility index (Phi) is 6.09. The molecule has 0 aromatic heterocycles. The number of aromatic hydroxyl groups is 1. The van der Waals surface area contributed by atoms with Crippen molar-refractivity contribution in [3.8, 4) is 5.75 Å². The number of unbranched alkanes of at least 4 members (excludes halogenated alkanes) is 1. The van der Waals surface area contributed by atoms with Crippen LogP contribution in [0.15, 0.2) is 36.4 Å². The number of phenolic OH excluding ortho intramolecular Hbond substituents is 1. The van der Waals surface area contributed by atoms with Crippen molar-refractivity contribution in [1.82, 2.24) is 0 Å². The van der Waals surface area contributed by atoms with Crippen molar-refractivity contribution in [1.29, 1.82) is 0 Å². The highest BCUT2D eigenvalue weighted by Crippen LogP contribution is 2.31. The fourth-order valence-corrected chi connectivity index (χ4v) is 2.29. The third-order valence-electron chi connectivity index (χ3n) is 3.30. The molecule has 0 radical (unpaired) electrons. The number of hydrogen-bond donors (Lipinski definition) is 3. The van der Waals surface area contributed by atoms with E-state index in [0.29, 0.717) is 12.3 Å². The molecule has 0 fully saturated rings. The van der Waals surface area contributed by atoms with Gasteiger partial charge in [-0.15, -0.1) is 12.4 Å². The zero-order chi connectivity index (χ0) is 13.0. The summed E-state index contributed by atoms with van der Waals surface area (Å²) in [6.07, 6.45) is 2.96. The van der Waals surface area contributed by atoms with E-state index >= 15 is 0 Å². The van der Waals surface area contributed by atoms with Crippen LogP contribution in [-0.2, 0) is 0 Å². The maximum Gasteiger partial charge on any atom is 0.123 e. The molecule has 0 aliphatic carbocycles. The Balaban J connectivity index is 0.00000180. The van der Waals surface area contributed by atoms with Crippen molar-refractivity contribution in [3.63, 3.8) is 0 Å². The summed E-state index contributed by atoms with van der Waals surface area (Å²) < 4.78 is 0. The van der Waals surface area contributed by atoms with E-state index in [2.05, 4.69) is 0 Å². The van der Waals surface area contributed by atoms with Crippen molar-refractivity contribution in [2.24, 2.45) is 11.5 Å². The Morgan fingerprint density at radius 2 is 1.68 bits per heavy atom. The van der Waals surface area contributed by atoms with Crippen LogP contribution in [0.5, 0.6) is 5.75 Å². The molecule has 0 bridgehead atoms. The number of rotatable bonds is 5. The first-order chi connectivity index (χ1) is 8.74. The quantitative estimate of drug-likeness (QED) is 0.737. The van der Waals surface area contributed by atoms with Gasteiger partial charge in [-0.3, -0.25) is 0 Å². The molecule has 104 valence electrons. The van der Waals surface area contributed by atoms with Gasteiger partial charge in [-0.25, -0.2) is 0 Å². The molecule has 1 atom stereocenters. The summed E-state index contributed by atoms with van der Waals surface area (Å²) in [6, 6.07) is 11.5. The first-order valence-electron chi connectivity index (χ1n) is 6.40. The molecule has 19 heavy (non-hydrogen) atoms. The molecule has 0 heterocycles. The lowest BCUT2D eigenvalue weighted by atomic mass is 9.95. The lowest BCUT2D eigenvalue weighted by Crippen LogP contribution is -2.11. The molecule has 0 aliphatic rings. The lowest BCUT2D eigenvalue weighted by molar-refractivity contribution is 0.481. The molecule has 0 unspecified atom stereocenters. The second-order valence-electron chi connectivity index (χ2n) is 4.61. The predicted molar refractivity (Wildman–Crippen MR) is 82.7 cm³/mol. The zero-order valence-corrected chi connectivity index (χ0v) is 11.7. The van der Waals surface area contributed by atoms with E-state index in [-0.39, 0.29) is 18.4 Å². The number of hydrogen-bond acceptors (Lipinski definition) is 3.